The molecule has 0 spiro atoms. The third-order valence-corrected chi connectivity index (χ3v) is 6.20. The zero-order chi connectivity index (χ0) is 25.8. The van der Waals surface area contributed by atoms with Crippen LogP contribution in [0.5, 0.6) is 0 Å². The molecule has 11 heteroatoms. The van der Waals surface area contributed by atoms with Gasteiger partial charge in [-0.1, -0.05) is 12.6 Å². The number of rotatable bonds is 8. The van der Waals surface area contributed by atoms with E-state index in [1.54, 1.807) is 41.4 Å². The van der Waals surface area contributed by atoms with E-state index in [1.807, 2.05) is 17.0 Å². The van der Waals surface area contributed by atoms with E-state index in [0.29, 0.717) is 53.8 Å². The molecule has 10 nitrogen and oxygen atoms in total. The van der Waals surface area contributed by atoms with E-state index in [1.165, 1.54) is 12.1 Å². The van der Waals surface area contributed by atoms with E-state index in [2.05, 4.69) is 37.1 Å². The molecule has 5 rings (SSSR count). The van der Waals surface area contributed by atoms with Crippen LogP contribution in [-0.2, 0) is 4.79 Å². The van der Waals surface area contributed by atoms with Gasteiger partial charge in [-0.15, -0.1) is 0 Å². The van der Waals surface area contributed by atoms with E-state index < -0.39 is 0 Å². The molecule has 1 aliphatic heterocycles. The number of benzene rings is 2. The number of aromatic nitrogens is 4. The second-order valence-corrected chi connectivity index (χ2v) is 8.60. The van der Waals surface area contributed by atoms with E-state index >= 15 is 0 Å². The van der Waals surface area contributed by atoms with Crippen molar-refractivity contribution in [2.45, 2.75) is 0 Å². The molecule has 1 saturated heterocycles. The van der Waals surface area contributed by atoms with Crippen molar-refractivity contribution in [2.24, 2.45) is 0 Å². The maximum atomic E-state index is 15.0. The summed E-state index contributed by atoms with van der Waals surface area (Å²) >= 11 is 0. The van der Waals surface area contributed by atoms with Gasteiger partial charge in [0.1, 0.15) is 17.7 Å². The number of carbonyl (C=O) groups excluding carboxylic acids is 1. The Balaban J connectivity index is 1.34. The van der Waals surface area contributed by atoms with Gasteiger partial charge in [0.15, 0.2) is 5.65 Å². The van der Waals surface area contributed by atoms with Crippen molar-refractivity contribution in [3.8, 4) is 5.69 Å². The molecule has 37 heavy (non-hydrogen) atoms. The number of amides is 1. The van der Waals surface area contributed by atoms with Crippen LogP contribution in [0.4, 0.5) is 27.4 Å². The van der Waals surface area contributed by atoms with Gasteiger partial charge in [0.25, 0.3) is 0 Å². The number of fused-ring (bicyclic) bond motifs is 1. The molecular weight excluding hydrogens is 475 g/mol. The molecule has 3 heterocycles. The minimum atomic E-state index is -0.329. The first-order valence-corrected chi connectivity index (χ1v) is 11.9. The van der Waals surface area contributed by atoms with Crippen molar-refractivity contribution < 1.29 is 14.3 Å². The molecule has 0 radical (unpaired) electrons. The predicted molar refractivity (Wildman–Crippen MR) is 141 cm³/mol. The smallest absolute Gasteiger partial charge is 0.247 e. The fraction of sp³-hybridized carbons (Fsp3) is 0.231. The maximum absolute atomic E-state index is 15.0. The van der Waals surface area contributed by atoms with Crippen LogP contribution in [0.2, 0.25) is 0 Å². The van der Waals surface area contributed by atoms with Gasteiger partial charge in [0, 0.05) is 44.1 Å². The third-order valence-electron chi connectivity index (χ3n) is 6.20. The maximum Gasteiger partial charge on any atom is 0.247 e. The molecule has 2 aromatic carbocycles. The van der Waals surface area contributed by atoms with Crippen LogP contribution in [-0.4, -0.2) is 74.8 Å². The molecule has 0 atom stereocenters. The molecule has 1 aliphatic rings. The highest BCUT2D eigenvalue weighted by molar-refractivity contribution is 5.99. The zero-order valence-corrected chi connectivity index (χ0v) is 20.1. The third kappa shape index (κ3) is 5.42. The van der Waals surface area contributed by atoms with Crippen molar-refractivity contribution in [3.63, 3.8) is 0 Å². The number of nitrogens with one attached hydrogen (secondary N) is 2. The van der Waals surface area contributed by atoms with Crippen molar-refractivity contribution in [1.29, 1.82) is 0 Å². The quantitative estimate of drug-likeness (QED) is 0.316. The molecule has 0 aliphatic carbocycles. The monoisotopic (exact) mass is 502 g/mol. The Kier molecular flexibility index (Phi) is 7.06. The summed E-state index contributed by atoms with van der Waals surface area (Å²) in [6.07, 6.45) is 4.44. The second-order valence-electron chi connectivity index (χ2n) is 8.60. The summed E-state index contributed by atoms with van der Waals surface area (Å²) in [7, 11) is 0. The molecule has 1 amide bonds. The van der Waals surface area contributed by atoms with Crippen LogP contribution in [0.1, 0.15) is 0 Å². The van der Waals surface area contributed by atoms with Gasteiger partial charge >= 0.3 is 0 Å². The van der Waals surface area contributed by atoms with E-state index in [4.69, 9.17) is 5.11 Å². The Morgan fingerprint density at radius 2 is 1.95 bits per heavy atom. The van der Waals surface area contributed by atoms with Crippen molar-refractivity contribution in [3.05, 3.63) is 73.5 Å². The predicted octanol–water partition coefficient (Wildman–Crippen LogP) is 2.94. The normalized spacial score (nSPS) is 14.1. The number of β-amino-alcohol motifs (C(OH)–C–C–N with tert-alkyl or cyclic N) is 1. The summed E-state index contributed by atoms with van der Waals surface area (Å²) in [5.74, 6) is -0.330. The summed E-state index contributed by atoms with van der Waals surface area (Å²) in [4.78, 5) is 29.1. The van der Waals surface area contributed by atoms with Gasteiger partial charge in [-0.2, -0.15) is 4.98 Å². The number of aliphatic hydroxyl groups excluding tert-OH is 1. The number of anilines is 4. The first-order valence-electron chi connectivity index (χ1n) is 11.9. The summed E-state index contributed by atoms with van der Waals surface area (Å²) < 4.78 is 16.8. The molecule has 0 unspecified atom stereocenters. The van der Waals surface area contributed by atoms with E-state index in [0.717, 1.165) is 18.8 Å². The summed E-state index contributed by atoms with van der Waals surface area (Å²) in [5.41, 5.74) is 3.59. The average Bonchev–Trinajstić information content (AvgIpc) is 3.33. The fourth-order valence-corrected chi connectivity index (χ4v) is 4.31. The van der Waals surface area contributed by atoms with Crippen LogP contribution in [0.15, 0.2) is 67.6 Å². The van der Waals surface area contributed by atoms with Gasteiger partial charge in [-0.05, 0) is 42.5 Å². The second kappa shape index (κ2) is 10.7. The first-order chi connectivity index (χ1) is 18.0. The standard InChI is InChI=1S/C26H27FN8O2/c1-2-24(37)30-18-4-3-5-20(14-18)35-17-29-22-16-28-26(32-25(22)35)31-19-6-7-23(21(27)15-19)34-10-8-33(9-11-34)12-13-36/h2-7,14-17,36H,1,8-13H2,(H,30,37)(H,28,31,32). The highest BCUT2D eigenvalue weighted by Gasteiger charge is 2.19. The van der Waals surface area contributed by atoms with E-state index in [-0.39, 0.29) is 18.3 Å². The Morgan fingerprint density at radius 3 is 2.70 bits per heavy atom. The summed E-state index contributed by atoms with van der Waals surface area (Å²) in [6, 6.07) is 12.3. The van der Waals surface area contributed by atoms with Crippen molar-refractivity contribution in [1.82, 2.24) is 24.4 Å². The van der Waals surface area contributed by atoms with Crippen molar-refractivity contribution in [2.75, 3.05) is 54.9 Å². The molecule has 2 aromatic heterocycles. The number of hydrogen-bond acceptors (Lipinski definition) is 8. The Labute approximate surface area is 213 Å². The summed E-state index contributed by atoms with van der Waals surface area (Å²) in [5, 5.41) is 14.9. The molecule has 0 bridgehead atoms. The first kappa shape index (κ1) is 24.3. The number of aliphatic hydroxyl groups is 1. The van der Waals surface area contributed by atoms with Gasteiger partial charge in [-0.25, -0.2) is 14.4 Å². The molecule has 3 N–H and O–H groups in total. The molecule has 1 fully saturated rings. The lowest BCUT2D eigenvalue weighted by molar-refractivity contribution is -0.111. The average molecular weight is 503 g/mol. The molecular formula is C26H27FN8O2. The van der Waals surface area contributed by atoms with Crippen LogP contribution < -0.4 is 15.5 Å². The fourth-order valence-electron chi connectivity index (χ4n) is 4.31. The van der Waals surface area contributed by atoms with E-state index in [9.17, 15) is 9.18 Å². The molecule has 0 saturated carbocycles. The number of piperazine rings is 1. The number of imidazole rings is 1. The van der Waals surface area contributed by atoms with Gasteiger partial charge in [-0.3, -0.25) is 14.3 Å². The minimum absolute atomic E-state index is 0.129. The van der Waals surface area contributed by atoms with Crippen molar-refractivity contribution >= 4 is 40.1 Å². The number of carbonyl (C=O) groups is 1. The lowest BCUT2D eigenvalue weighted by atomic mass is 10.2. The lowest BCUT2D eigenvalue weighted by Crippen LogP contribution is -2.47. The largest absolute Gasteiger partial charge is 0.395 e. The minimum Gasteiger partial charge on any atom is -0.395 e. The van der Waals surface area contributed by atoms with Gasteiger partial charge in [0.2, 0.25) is 11.9 Å². The van der Waals surface area contributed by atoms with Crippen LogP contribution >= 0.6 is 0 Å². The summed E-state index contributed by atoms with van der Waals surface area (Å²) in [6.45, 7) is 7.20. The van der Waals surface area contributed by atoms with Gasteiger partial charge in [0.05, 0.1) is 24.2 Å². The van der Waals surface area contributed by atoms with Gasteiger partial charge < -0.3 is 20.6 Å². The lowest BCUT2D eigenvalue weighted by Gasteiger charge is -2.36. The van der Waals surface area contributed by atoms with Crippen LogP contribution in [0.25, 0.3) is 16.9 Å². The SMILES string of the molecule is C=CC(=O)Nc1cccc(-n2cnc3cnc(Nc4ccc(N5CCN(CCO)CC5)c(F)c4)nc32)c1. The Morgan fingerprint density at radius 1 is 1.11 bits per heavy atom. The topological polar surface area (TPSA) is 111 Å². The Hall–Kier alpha value is -4.35. The number of nitrogens with zero attached hydrogens (tertiary/aromatic N) is 6. The zero-order valence-electron chi connectivity index (χ0n) is 20.1. The number of hydrogen-bond donors (Lipinski definition) is 3. The number of halogens is 1. The highest BCUT2D eigenvalue weighted by Crippen LogP contribution is 2.26. The van der Waals surface area contributed by atoms with Crippen LogP contribution in [0.3, 0.4) is 0 Å². The Bertz CT molecular complexity index is 1430. The highest BCUT2D eigenvalue weighted by atomic mass is 19.1. The molecule has 190 valence electrons. The van der Waals surface area contributed by atoms with Crippen LogP contribution in [0, 0.1) is 5.82 Å². The molecule has 4 aromatic rings.